The van der Waals surface area contributed by atoms with Gasteiger partial charge in [0, 0.05) is 10.9 Å². The van der Waals surface area contributed by atoms with Gasteiger partial charge in [0.15, 0.2) is 11.8 Å². The fraction of sp³-hybridized carbons (Fsp3) is 0.500. The van der Waals surface area contributed by atoms with E-state index in [0.29, 0.717) is 22.4 Å². The number of unbranched alkanes of at least 4 members (excludes halogenated alkanes) is 11. The van der Waals surface area contributed by atoms with E-state index in [1.807, 2.05) is 0 Å². The lowest BCUT2D eigenvalue weighted by Gasteiger charge is -2.23. The van der Waals surface area contributed by atoms with Gasteiger partial charge in [-0.1, -0.05) is 99.6 Å². The van der Waals surface area contributed by atoms with Crippen LogP contribution >= 0.6 is 15.9 Å². The molecule has 2 aromatic carbocycles. The first-order valence-corrected chi connectivity index (χ1v) is 18.6. The molecule has 1 aliphatic heterocycles. The van der Waals surface area contributed by atoms with Crippen molar-refractivity contribution in [2.75, 3.05) is 31.5 Å². The molecule has 50 heavy (non-hydrogen) atoms. The van der Waals surface area contributed by atoms with Crippen molar-refractivity contribution in [3.05, 3.63) is 65.4 Å². The number of urea groups is 1. The van der Waals surface area contributed by atoms with E-state index in [-0.39, 0.29) is 34.9 Å². The number of rotatable bonds is 23. The van der Waals surface area contributed by atoms with Crippen LogP contribution in [0.3, 0.4) is 0 Å². The number of imide groups is 1. The van der Waals surface area contributed by atoms with Crippen molar-refractivity contribution in [2.24, 2.45) is 0 Å². The number of anilines is 1. The molecule has 0 radical (unpaired) electrons. The summed E-state index contributed by atoms with van der Waals surface area (Å²) in [5.41, 5.74) is 0.261. The Bertz CT molecular complexity index is 1480. The van der Waals surface area contributed by atoms with Gasteiger partial charge in [-0.3, -0.25) is 14.4 Å². The fourth-order valence-electron chi connectivity index (χ4n) is 5.61. The molecule has 2 aromatic rings. The van der Waals surface area contributed by atoms with Crippen molar-refractivity contribution in [3.63, 3.8) is 0 Å². The average molecular weight is 757 g/mol. The SMILES string of the molecule is CCCCCCCCCCCCCCOC(=O)c1ccc(OC)c(NC(=O)C(C(=O)c2ccc(OC)cc2)N2C(=O)NC(=CCCBr)C2=O)c1. The second-order valence-electron chi connectivity index (χ2n) is 12.1. The van der Waals surface area contributed by atoms with E-state index in [2.05, 4.69) is 33.5 Å². The minimum Gasteiger partial charge on any atom is -0.497 e. The number of hydrogen-bond acceptors (Lipinski definition) is 8. The summed E-state index contributed by atoms with van der Waals surface area (Å²) in [7, 11) is 2.85. The van der Waals surface area contributed by atoms with Crippen molar-refractivity contribution in [3.8, 4) is 11.5 Å². The first-order valence-electron chi connectivity index (χ1n) is 17.5. The number of ketones is 1. The number of alkyl halides is 1. The molecule has 1 heterocycles. The van der Waals surface area contributed by atoms with Gasteiger partial charge in [-0.2, -0.15) is 0 Å². The lowest BCUT2D eigenvalue weighted by atomic mass is 10.0. The van der Waals surface area contributed by atoms with Crippen LogP contribution in [0, 0.1) is 0 Å². The van der Waals surface area contributed by atoms with E-state index >= 15 is 0 Å². The summed E-state index contributed by atoms with van der Waals surface area (Å²) in [4.78, 5) is 67.5. The molecule has 3 rings (SSSR count). The Morgan fingerprint density at radius 1 is 0.840 bits per heavy atom. The van der Waals surface area contributed by atoms with Crippen LogP contribution < -0.4 is 20.1 Å². The quantitative estimate of drug-likeness (QED) is 0.0221. The largest absolute Gasteiger partial charge is 0.497 e. The highest BCUT2D eigenvalue weighted by molar-refractivity contribution is 9.09. The maximum Gasteiger partial charge on any atom is 0.338 e. The Hall–Kier alpha value is -4.19. The molecule has 11 nitrogen and oxygen atoms in total. The van der Waals surface area contributed by atoms with E-state index in [0.717, 1.165) is 19.3 Å². The normalized spacial score (nSPS) is 14.0. The summed E-state index contributed by atoms with van der Waals surface area (Å²) >= 11 is 3.28. The number of ether oxygens (including phenoxy) is 3. The van der Waals surface area contributed by atoms with Crippen LogP contribution in [0.4, 0.5) is 10.5 Å². The number of nitrogens with one attached hydrogen (secondary N) is 2. The van der Waals surface area contributed by atoms with Crippen LogP contribution in [0.5, 0.6) is 11.5 Å². The Morgan fingerprint density at radius 3 is 2.02 bits per heavy atom. The molecule has 12 heteroatoms. The third-order valence-electron chi connectivity index (χ3n) is 8.42. The van der Waals surface area contributed by atoms with E-state index in [1.54, 1.807) is 0 Å². The molecule has 1 saturated heterocycles. The number of nitrogens with zero attached hydrogens (tertiary/aromatic N) is 1. The number of carbonyl (C=O) groups excluding carboxylic acids is 5. The van der Waals surface area contributed by atoms with E-state index in [1.165, 1.54) is 121 Å². The van der Waals surface area contributed by atoms with Gasteiger partial charge in [0.2, 0.25) is 0 Å². The van der Waals surface area contributed by atoms with Crippen LogP contribution in [-0.4, -0.2) is 66.7 Å². The zero-order valence-electron chi connectivity index (χ0n) is 29.4. The maximum atomic E-state index is 13.9. The van der Waals surface area contributed by atoms with Gasteiger partial charge in [0.05, 0.1) is 32.1 Å². The minimum absolute atomic E-state index is 0.0368. The fourth-order valence-corrected chi connectivity index (χ4v) is 5.84. The number of carbonyl (C=O) groups is 5. The summed E-state index contributed by atoms with van der Waals surface area (Å²) in [6.45, 7) is 2.50. The lowest BCUT2D eigenvalue weighted by molar-refractivity contribution is -0.129. The predicted molar refractivity (Wildman–Crippen MR) is 196 cm³/mol. The highest BCUT2D eigenvalue weighted by atomic mass is 79.9. The summed E-state index contributed by atoms with van der Waals surface area (Å²) in [6, 6.07) is 7.53. The van der Waals surface area contributed by atoms with Gasteiger partial charge in [-0.15, -0.1) is 0 Å². The first-order chi connectivity index (χ1) is 24.2. The second kappa shape index (κ2) is 21.8. The van der Waals surface area contributed by atoms with Crippen LogP contribution in [0.15, 0.2) is 54.2 Å². The number of methoxy groups -OCH3 is 2. The third kappa shape index (κ3) is 12.0. The molecule has 1 fully saturated rings. The number of esters is 1. The second-order valence-corrected chi connectivity index (χ2v) is 12.9. The monoisotopic (exact) mass is 755 g/mol. The Labute approximate surface area is 303 Å². The summed E-state index contributed by atoms with van der Waals surface area (Å²) in [5, 5.41) is 5.59. The number of amides is 4. The Balaban J connectivity index is 1.65. The van der Waals surface area contributed by atoms with Crippen molar-refractivity contribution < 1.29 is 38.2 Å². The molecule has 2 N–H and O–H groups in total. The highest BCUT2D eigenvalue weighted by Crippen LogP contribution is 2.28. The molecule has 0 bridgehead atoms. The van der Waals surface area contributed by atoms with Crippen LogP contribution in [0.1, 0.15) is 111 Å². The molecule has 272 valence electrons. The van der Waals surface area contributed by atoms with Gasteiger partial charge >= 0.3 is 12.0 Å². The van der Waals surface area contributed by atoms with Crippen molar-refractivity contribution >= 4 is 51.2 Å². The maximum absolute atomic E-state index is 13.9. The van der Waals surface area contributed by atoms with Crippen molar-refractivity contribution in [1.82, 2.24) is 10.2 Å². The molecule has 1 atom stereocenters. The average Bonchev–Trinajstić information content (AvgIpc) is 3.40. The van der Waals surface area contributed by atoms with E-state index < -0.39 is 35.6 Å². The number of allylic oxidation sites excluding steroid dienone is 1. The summed E-state index contributed by atoms with van der Waals surface area (Å²) in [6.07, 6.45) is 16.3. The smallest absolute Gasteiger partial charge is 0.338 e. The summed E-state index contributed by atoms with van der Waals surface area (Å²) in [5.74, 6) is -2.50. The van der Waals surface area contributed by atoms with Gasteiger partial charge in [0.1, 0.15) is 17.2 Å². The number of benzene rings is 2. The standard InChI is InChI=1S/C38H50BrN3O8/c1-4-5-6-7-8-9-10-11-12-13-14-15-25-50-37(46)28-20-23-32(49-3)31(26-28)40-35(44)33(34(43)27-18-21-29(48-2)22-19-27)42-36(45)30(17-16-24-39)41-38(42)47/h17-23,26,33H,4-16,24-25H2,1-3H3,(H,40,44)(H,41,47). The lowest BCUT2D eigenvalue weighted by Crippen LogP contribution is -2.52. The van der Waals surface area contributed by atoms with Crippen molar-refractivity contribution in [2.45, 2.75) is 96.4 Å². The van der Waals surface area contributed by atoms with Crippen LogP contribution in [0.25, 0.3) is 0 Å². The number of halogens is 1. The molecule has 0 aliphatic carbocycles. The van der Waals surface area contributed by atoms with Gasteiger partial charge in [0.25, 0.3) is 11.8 Å². The molecule has 0 spiro atoms. The summed E-state index contributed by atoms with van der Waals surface area (Å²) < 4.78 is 16.1. The minimum atomic E-state index is -1.88. The Kier molecular flexibility index (Phi) is 17.5. The van der Waals surface area contributed by atoms with Crippen molar-refractivity contribution in [1.29, 1.82) is 0 Å². The Morgan fingerprint density at radius 2 is 1.44 bits per heavy atom. The van der Waals surface area contributed by atoms with Crippen LogP contribution in [0.2, 0.25) is 0 Å². The van der Waals surface area contributed by atoms with E-state index in [9.17, 15) is 24.0 Å². The molecule has 0 aromatic heterocycles. The molecular weight excluding hydrogens is 706 g/mol. The number of Topliss-reactive ketones (excluding diaryl/α,β-unsaturated/α-hetero) is 1. The van der Waals surface area contributed by atoms with Crippen LogP contribution in [-0.2, 0) is 14.3 Å². The topological polar surface area (TPSA) is 140 Å². The third-order valence-corrected chi connectivity index (χ3v) is 8.88. The molecule has 0 saturated carbocycles. The zero-order chi connectivity index (χ0) is 36.3. The molecule has 1 aliphatic rings. The van der Waals surface area contributed by atoms with Gasteiger partial charge in [-0.05, 0) is 55.3 Å². The number of hydrogen-bond donors (Lipinski definition) is 2. The van der Waals surface area contributed by atoms with Gasteiger partial charge < -0.3 is 24.8 Å². The molecule has 4 amide bonds. The predicted octanol–water partition coefficient (Wildman–Crippen LogP) is 7.97. The van der Waals surface area contributed by atoms with E-state index in [4.69, 9.17) is 14.2 Å². The molecule has 1 unspecified atom stereocenters. The van der Waals surface area contributed by atoms with Gasteiger partial charge in [-0.25, -0.2) is 14.5 Å². The first kappa shape index (κ1) is 40.2. The zero-order valence-corrected chi connectivity index (χ0v) is 31.0. The highest BCUT2D eigenvalue weighted by Gasteiger charge is 2.46. The molecular formula is C38H50BrN3O8.